The number of hydrogen-bond donors (Lipinski definition) is 2. The average Bonchev–Trinajstić information content (AvgIpc) is 3.00. The Morgan fingerprint density at radius 2 is 1.86 bits per heavy atom. The van der Waals surface area contributed by atoms with E-state index in [1.165, 1.54) is 12.5 Å². The number of nitrogens with one attached hydrogen (secondary N) is 2. The Kier molecular flexibility index (Phi) is 11.7. The maximum absolute atomic E-state index is 15.1. The van der Waals surface area contributed by atoms with Gasteiger partial charge in [-0.3, -0.25) is 9.79 Å². The van der Waals surface area contributed by atoms with E-state index in [0.717, 1.165) is 68.5 Å². The molecular weight excluding hydrogens is 580 g/mol. The van der Waals surface area contributed by atoms with Crippen molar-refractivity contribution < 1.29 is 13.6 Å². The van der Waals surface area contributed by atoms with Gasteiger partial charge in [0.1, 0.15) is 11.4 Å². The number of aromatic nitrogens is 2. The number of anilines is 3. The van der Waals surface area contributed by atoms with Crippen molar-refractivity contribution in [2.45, 2.75) is 70.7 Å². The topological polar surface area (TPSA) is 85.8 Å². The van der Waals surface area contributed by atoms with Gasteiger partial charge >= 0.3 is 0 Å². The molecule has 0 atom stereocenters. The van der Waals surface area contributed by atoms with Gasteiger partial charge in [-0.1, -0.05) is 13.3 Å². The lowest BCUT2D eigenvalue weighted by Gasteiger charge is -2.41. The highest BCUT2D eigenvalue weighted by Crippen LogP contribution is 2.42. The third-order valence-corrected chi connectivity index (χ3v) is 9.39. The summed E-state index contributed by atoms with van der Waals surface area (Å²) in [6.45, 7) is 15.1. The maximum atomic E-state index is 15.1. The van der Waals surface area contributed by atoms with Crippen molar-refractivity contribution in [3.63, 3.8) is 0 Å². The minimum atomic E-state index is -0.649. The lowest BCUT2D eigenvalue weighted by atomic mass is 9.73. The van der Waals surface area contributed by atoms with E-state index in [9.17, 15) is 9.18 Å². The quantitative estimate of drug-likeness (QED) is 0.0775. The molecule has 4 rings (SSSR count). The Bertz CT molecular complexity index is 1410. The van der Waals surface area contributed by atoms with Crippen LogP contribution in [0.5, 0.6) is 0 Å². The Labute approximate surface area is 263 Å². The van der Waals surface area contributed by atoms with Crippen molar-refractivity contribution in [2.24, 2.45) is 10.4 Å². The molecule has 1 aliphatic rings. The molecule has 1 aliphatic heterocycles. The molecule has 0 bridgehead atoms. The van der Waals surface area contributed by atoms with Crippen LogP contribution in [0.4, 0.5) is 31.8 Å². The van der Waals surface area contributed by atoms with Gasteiger partial charge in [-0.2, -0.15) is 0 Å². The lowest BCUT2D eigenvalue weighted by Crippen LogP contribution is -2.38. The molecule has 0 spiro atoms. The molecule has 2 aromatic carbocycles. The van der Waals surface area contributed by atoms with Crippen LogP contribution in [0.25, 0.3) is 11.3 Å². The minimum absolute atomic E-state index is 0.00330. The predicted molar refractivity (Wildman–Crippen MR) is 177 cm³/mol. The lowest BCUT2D eigenvalue weighted by molar-refractivity contribution is -0.109. The van der Waals surface area contributed by atoms with E-state index in [1.807, 2.05) is 49.9 Å². The highest BCUT2D eigenvalue weighted by Gasteiger charge is 2.33. The number of aliphatic imine (C=N–C) groups is 1. The molecule has 0 unspecified atom stereocenters. The van der Waals surface area contributed by atoms with E-state index in [-0.39, 0.29) is 23.4 Å². The van der Waals surface area contributed by atoms with Gasteiger partial charge in [-0.05, 0) is 107 Å². The summed E-state index contributed by atoms with van der Waals surface area (Å²) < 4.78 is 32.5. The van der Waals surface area contributed by atoms with Gasteiger partial charge in [0, 0.05) is 48.4 Å². The van der Waals surface area contributed by atoms with Crippen LogP contribution in [0.15, 0.2) is 52.5 Å². The summed E-state index contributed by atoms with van der Waals surface area (Å²) in [7, 11) is 0. The van der Waals surface area contributed by atoms with Crippen molar-refractivity contribution in [2.75, 3.05) is 36.4 Å². The molecule has 0 aliphatic carbocycles. The van der Waals surface area contributed by atoms with Gasteiger partial charge in [0.2, 0.25) is 12.4 Å². The van der Waals surface area contributed by atoms with E-state index in [0.29, 0.717) is 23.2 Å². The molecule has 1 saturated heterocycles. The van der Waals surface area contributed by atoms with Crippen molar-refractivity contribution in [1.29, 1.82) is 0 Å². The van der Waals surface area contributed by atoms with E-state index in [1.54, 1.807) is 18.0 Å². The smallest absolute Gasteiger partial charge is 0.227 e. The van der Waals surface area contributed by atoms with Crippen LogP contribution in [-0.4, -0.2) is 59.6 Å². The molecular formula is C33H43F2N7OS. The summed E-state index contributed by atoms with van der Waals surface area (Å²) in [5.74, 6) is -1.03. The molecule has 11 heteroatoms. The van der Waals surface area contributed by atoms with Crippen LogP contribution in [-0.2, 0) is 4.79 Å². The number of rotatable bonds is 15. The standard InChI is InChI=1S/C33H43F2N7OS/c1-6-12-33(13-16-37-22-43)14-17-41(18-15-33)44-26-10-8-25(9-11-26)39-32-38-21-28(35)30(40-32)24-19-27(34)31(36-5)29(20-24)42(7-2)23(3)4/h8-11,19-23H,5-7,12-18H2,1-4H3,(H,37,43)(H,38,39,40). The molecule has 0 radical (unpaired) electrons. The van der Waals surface area contributed by atoms with Crippen molar-refractivity contribution in [3.8, 4) is 11.3 Å². The largest absolute Gasteiger partial charge is 0.368 e. The van der Waals surface area contributed by atoms with Crippen molar-refractivity contribution in [3.05, 3.63) is 54.2 Å². The van der Waals surface area contributed by atoms with Gasteiger partial charge in [0.15, 0.2) is 11.6 Å². The second-order valence-corrected chi connectivity index (χ2v) is 12.7. The number of carbonyl (C=O) groups excluding carboxylic acids is 1. The van der Waals surface area contributed by atoms with E-state index < -0.39 is 11.6 Å². The summed E-state index contributed by atoms with van der Waals surface area (Å²) in [6, 6.07) is 11.0. The van der Waals surface area contributed by atoms with E-state index in [2.05, 4.69) is 43.5 Å². The van der Waals surface area contributed by atoms with E-state index >= 15 is 4.39 Å². The van der Waals surface area contributed by atoms with E-state index in [4.69, 9.17) is 0 Å². The average molecular weight is 624 g/mol. The normalized spacial score (nSPS) is 14.8. The zero-order chi connectivity index (χ0) is 31.7. The number of carbonyl (C=O) groups is 1. The maximum Gasteiger partial charge on any atom is 0.227 e. The first-order chi connectivity index (χ1) is 21.2. The fourth-order valence-corrected chi connectivity index (χ4v) is 6.94. The number of benzene rings is 2. The predicted octanol–water partition coefficient (Wildman–Crippen LogP) is 7.76. The number of piperidine rings is 1. The number of halogens is 2. The highest BCUT2D eigenvalue weighted by molar-refractivity contribution is 7.97. The van der Waals surface area contributed by atoms with Gasteiger partial charge < -0.3 is 15.5 Å². The van der Waals surface area contributed by atoms with Crippen LogP contribution in [0.3, 0.4) is 0 Å². The van der Waals surface area contributed by atoms with Crippen molar-refractivity contribution >= 4 is 48.1 Å². The molecule has 1 fully saturated rings. The summed E-state index contributed by atoms with van der Waals surface area (Å²) in [5.41, 5.74) is 2.01. The van der Waals surface area contributed by atoms with Crippen LogP contribution in [0.1, 0.15) is 59.8 Å². The van der Waals surface area contributed by atoms with Gasteiger partial charge in [-0.25, -0.2) is 23.1 Å². The van der Waals surface area contributed by atoms with Crippen molar-refractivity contribution in [1.82, 2.24) is 19.6 Å². The molecule has 8 nitrogen and oxygen atoms in total. The fraction of sp³-hybridized carbons (Fsp3) is 0.455. The van der Waals surface area contributed by atoms with Crippen LogP contribution >= 0.6 is 11.9 Å². The molecule has 2 N–H and O–H groups in total. The summed E-state index contributed by atoms with van der Waals surface area (Å²) in [6.07, 6.45) is 7.46. The number of nitrogens with zero attached hydrogens (tertiary/aromatic N) is 5. The molecule has 236 valence electrons. The molecule has 3 aromatic rings. The first-order valence-electron chi connectivity index (χ1n) is 15.3. The van der Waals surface area contributed by atoms with Crippen LogP contribution < -0.4 is 15.5 Å². The second kappa shape index (κ2) is 15.4. The Hall–Kier alpha value is -3.57. The molecule has 44 heavy (non-hydrogen) atoms. The molecule has 2 heterocycles. The van der Waals surface area contributed by atoms with Gasteiger partial charge in [0.05, 0.1) is 11.9 Å². The summed E-state index contributed by atoms with van der Waals surface area (Å²) in [5, 5.41) is 5.98. The first kappa shape index (κ1) is 33.3. The Morgan fingerprint density at radius 1 is 1.14 bits per heavy atom. The van der Waals surface area contributed by atoms with Gasteiger partial charge in [-0.15, -0.1) is 0 Å². The SMILES string of the molecule is C=Nc1c(F)cc(-c2nc(Nc3ccc(SN4CCC(CCC)(CCNC=O)CC4)cc3)ncc2F)cc1N(CC)C(C)C. The third kappa shape index (κ3) is 8.12. The summed E-state index contributed by atoms with van der Waals surface area (Å²) >= 11 is 1.74. The zero-order valence-corrected chi connectivity index (χ0v) is 26.9. The Morgan fingerprint density at radius 3 is 2.48 bits per heavy atom. The van der Waals surface area contributed by atoms with Gasteiger partial charge in [0.25, 0.3) is 0 Å². The number of hydrogen-bond acceptors (Lipinski definition) is 8. The third-order valence-electron chi connectivity index (χ3n) is 8.28. The first-order valence-corrected chi connectivity index (χ1v) is 16.1. The Balaban J connectivity index is 1.45. The zero-order valence-electron chi connectivity index (χ0n) is 26.1. The molecule has 1 aromatic heterocycles. The molecule has 1 amide bonds. The highest BCUT2D eigenvalue weighted by atomic mass is 32.2. The van der Waals surface area contributed by atoms with Crippen LogP contribution in [0.2, 0.25) is 0 Å². The monoisotopic (exact) mass is 623 g/mol. The second-order valence-electron chi connectivity index (χ2n) is 11.5. The number of amides is 1. The fourth-order valence-electron chi connectivity index (χ4n) is 6.02. The minimum Gasteiger partial charge on any atom is -0.368 e. The summed E-state index contributed by atoms with van der Waals surface area (Å²) in [4.78, 5) is 26.2. The molecule has 0 saturated carbocycles. The van der Waals surface area contributed by atoms with Crippen LogP contribution in [0, 0.1) is 17.0 Å².